The van der Waals surface area contributed by atoms with Gasteiger partial charge in [-0.25, -0.2) is 4.79 Å². The number of halogens is 3. The topological polar surface area (TPSA) is 73.9 Å². The summed E-state index contributed by atoms with van der Waals surface area (Å²) in [6.07, 6.45) is -2.71. The Morgan fingerprint density at radius 2 is 2.00 bits per heavy atom. The number of methoxy groups -OCH3 is 1. The highest BCUT2D eigenvalue weighted by Crippen LogP contribution is 2.43. The first-order valence-electron chi connectivity index (χ1n) is 10.4. The average Bonchev–Trinajstić information content (AvgIpc) is 2.72. The van der Waals surface area contributed by atoms with Crippen molar-refractivity contribution in [2.45, 2.75) is 51.8 Å². The molecule has 2 aliphatic rings. The van der Waals surface area contributed by atoms with E-state index in [4.69, 9.17) is 14.2 Å². The average molecular weight is 453 g/mol. The molecule has 9 heteroatoms. The number of hydrogen-bond acceptors (Lipinski definition) is 6. The van der Waals surface area contributed by atoms with Crippen LogP contribution in [-0.4, -0.2) is 38.3 Å². The highest BCUT2D eigenvalue weighted by Gasteiger charge is 2.39. The van der Waals surface area contributed by atoms with E-state index in [9.17, 15) is 22.8 Å². The number of carbonyl (C=O) groups is 2. The first-order chi connectivity index (χ1) is 15.2. The molecule has 3 rings (SSSR count). The summed E-state index contributed by atoms with van der Waals surface area (Å²) in [4.78, 5) is 25.7. The fourth-order valence-electron chi connectivity index (χ4n) is 4.16. The molecule has 0 spiro atoms. The second kappa shape index (κ2) is 9.77. The van der Waals surface area contributed by atoms with Crippen LogP contribution in [0, 0.1) is 0 Å². The maximum atomic E-state index is 12.9. The van der Waals surface area contributed by atoms with Crippen molar-refractivity contribution in [2.75, 3.05) is 20.3 Å². The summed E-state index contributed by atoms with van der Waals surface area (Å²) in [7, 11) is 1.41. The molecule has 174 valence electrons. The second-order valence-electron chi connectivity index (χ2n) is 7.67. The third-order valence-electron chi connectivity index (χ3n) is 5.43. The molecule has 1 heterocycles. The van der Waals surface area contributed by atoms with Gasteiger partial charge in [-0.15, -0.1) is 0 Å². The Hall–Kier alpha value is -2.81. The molecule has 0 aromatic heterocycles. The van der Waals surface area contributed by atoms with Gasteiger partial charge in [-0.2, -0.15) is 13.2 Å². The maximum absolute atomic E-state index is 12.9. The van der Waals surface area contributed by atoms with Crippen molar-refractivity contribution < 1.29 is 37.0 Å². The second-order valence-corrected chi connectivity index (χ2v) is 7.67. The van der Waals surface area contributed by atoms with Crippen LogP contribution >= 0.6 is 0 Å². The summed E-state index contributed by atoms with van der Waals surface area (Å²) in [5, 5.41) is 3.19. The lowest BCUT2D eigenvalue weighted by Crippen LogP contribution is -2.34. The number of Topliss-reactive ketones (excluding diaryl/α,β-unsaturated/α-hetero) is 1. The molecule has 0 radical (unpaired) electrons. The molecule has 0 fully saturated rings. The van der Waals surface area contributed by atoms with Crippen LogP contribution in [-0.2, 0) is 25.7 Å². The summed E-state index contributed by atoms with van der Waals surface area (Å²) in [5.41, 5.74) is 3.14. The van der Waals surface area contributed by atoms with Gasteiger partial charge in [-0.3, -0.25) is 4.79 Å². The third kappa shape index (κ3) is 5.15. The highest BCUT2D eigenvalue weighted by molar-refractivity contribution is 6.03. The van der Waals surface area contributed by atoms with Gasteiger partial charge in [0.15, 0.2) is 5.78 Å². The smallest absolute Gasteiger partial charge is 0.411 e. The predicted molar refractivity (Wildman–Crippen MR) is 110 cm³/mol. The van der Waals surface area contributed by atoms with Crippen LogP contribution in [0.25, 0.3) is 0 Å². The number of dihydropyridines is 1. The lowest BCUT2D eigenvalue weighted by Gasteiger charge is -2.34. The Kier molecular flexibility index (Phi) is 7.28. The minimum absolute atomic E-state index is 0.0660. The van der Waals surface area contributed by atoms with Gasteiger partial charge in [0.05, 0.1) is 25.9 Å². The van der Waals surface area contributed by atoms with E-state index in [0.29, 0.717) is 53.0 Å². The molecule has 1 aromatic carbocycles. The largest absolute Gasteiger partial charge is 0.496 e. The summed E-state index contributed by atoms with van der Waals surface area (Å²) in [6, 6.07) is 4.95. The van der Waals surface area contributed by atoms with Crippen LogP contribution in [0.2, 0.25) is 0 Å². The maximum Gasteiger partial charge on any atom is 0.411 e. The number of rotatable bonds is 7. The normalized spacial score (nSPS) is 18.9. The van der Waals surface area contributed by atoms with E-state index in [-0.39, 0.29) is 19.0 Å². The molecule has 0 amide bonds. The molecule has 0 unspecified atom stereocenters. The standard InChI is InChI=1S/C23H26F3NO5/c1-4-32-22(29)19-13(2)27-16-6-5-7-17(28)21(16)20(19)14-8-9-18(30-3)15(10-14)11-31-12-23(24,25)26/h8-10,20,27H,4-7,11-12H2,1-3H3/t20-/m0/s1. The van der Waals surface area contributed by atoms with E-state index in [1.54, 1.807) is 32.0 Å². The van der Waals surface area contributed by atoms with Crippen LogP contribution in [0.3, 0.4) is 0 Å². The zero-order valence-electron chi connectivity index (χ0n) is 18.2. The van der Waals surface area contributed by atoms with Crippen molar-refractivity contribution in [3.63, 3.8) is 0 Å². The minimum atomic E-state index is -4.45. The monoisotopic (exact) mass is 453 g/mol. The fourth-order valence-corrected chi connectivity index (χ4v) is 4.16. The predicted octanol–water partition coefficient (Wildman–Crippen LogP) is 4.31. The number of allylic oxidation sites excluding steroid dienone is 3. The van der Waals surface area contributed by atoms with Crippen LogP contribution in [0.15, 0.2) is 40.7 Å². The van der Waals surface area contributed by atoms with Crippen molar-refractivity contribution in [2.24, 2.45) is 0 Å². The SMILES string of the molecule is CCOC(=O)C1=C(C)NC2=C(C(=O)CCC2)[C@H]1c1ccc(OC)c(COCC(F)(F)F)c1. The van der Waals surface area contributed by atoms with E-state index in [2.05, 4.69) is 5.32 Å². The third-order valence-corrected chi connectivity index (χ3v) is 5.43. The summed E-state index contributed by atoms with van der Waals surface area (Å²) >= 11 is 0. The molecule has 0 saturated carbocycles. The molecule has 1 aliphatic heterocycles. The van der Waals surface area contributed by atoms with E-state index >= 15 is 0 Å². The summed E-state index contributed by atoms with van der Waals surface area (Å²) in [5.74, 6) is -0.945. The van der Waals surface area contributed by atoms with Gasteiger partial charge in [0.1, 0.15) is 12.4 Å². The van der Waals surface area contributed by atoms with Crippen molar-refractivity contribution >= 4 is 11.8 Å². The van der Waals surface area contributed by atoms with Gasteiger partial charge >= 0.3 is 12.1 Å². The molecule has 0 bridgehead atoms. The molecular formula is C23H26F3NO5. The Labute approximate surface area is 184 Å². The Bertz CT molecular complexity index is 965. The molecule has 32 heavy (non-hydrogen) atoms. The zero-order chi connectivity index (χ0) is 23.5. The van der Waals surface area contributed by atoms with Crippen molar-refractivity contribution in [1.29, 1.82) is 0 Å². The molecule has 1 aliphatic carbocycles. The Morgan fingerprint density at radius 1 is 1.25 bits per heavy atom. The van der Waals surface area contributed by atoms with Crippen molar-refractivity contribution in [3.8, 4) is 5.75 Å². The van der Waals surface area contributed by atoms with Crippen LogP contribution < -0.4 is 10.1 Å². The first kappa shape index (κ1) is 23.8. The van der Waals surface area contributed by atoms with Crippen LogP contribution in [0.5, 0.6) is 5.75 Å². The number of ketones is 1. The number of carbonyl (C=O) groups excluding carboxylic acids is 2. The molecule has 1 atom stereocenters. The Morgan fingerprint density at radius 3 is 2.66 bits per heavy atom. The van der Waals surface area contributed by atoms with Gasteiger partial charge in [-0.05, 0) is 44.4 Å². The summed E-state index contributed by atoms with van der Waals surface area (Å²) < 4.78 is 53.0. The van der Waals surface area contributed by atoms with Gasteiger partial charge in [0.25, 0.3) is 0 Å². The molecule has 1 aromatic rings. The van der Waals surface area contributed by atoms with Gasteiger partial charge in [-0.1, -0.05) is 6.07 Å². The number of ether oxygens (including phenoxy) is 3. The molecule has 1 N–H and O–H groups in total. The number of hydrogen-bond donors (Lipinski definition) is 1. The van der Waals surface area contributed by atoms with Crippen molar-refractivity contribution in [3.05, 3.63) is 51.9 Å². The van der Waals surface area contributed by atoms with E-state index in [1.165, 1.54) is 7.11 Å². The van der Waals surface area contributed by atoms with Gasteiger partial charge in [0, 0.05) is 34.9 Å². The van der Waals surface area contributed by atoms with E-state index < -0.39 is 24.7 Å². The molecule has 0 saturated heterocycles. The Balaban J connectivity index is 2.06. The number of esters is 1. The lowest BCUT2D eigenvalue weighted by atomic mass is 9.75. The van der Waals surface area contributed by atoms with Crippen LogP contribution in [0.4, 0.5) is 13.2 Å². The molecule has 6 nitrogen and oxygen atoms in total. The number of alkyl halides is 3. The number of benzene rings is 1. The summed E-state index contributed by atoms with van der Waals surface area (Å²) in [6.45, 7) is 1.88. The van der Waals surface area contributed by atoms with Gasteiger partial charge < -0.3 is 19.5 Å². The fraction of sp³-hybridized carbons (Fsp3) is 0.478. The quantitative estimate of drug-likeness (QED) is 0.621. The van der Waals surface area contributed by atoms with E-state index in [0.717, 1.165) is 5.70 Å². The highest BCUT2D eigenvalue weighted by atomic mass is 19.4. The van der Waals surface area contributed by atoms with Gasteiger partial charge in [0.2, 0.25) is 0 Å². The van der Waals surface area contributed by atoms with Crippen molar-refractivity contribution in [1.82, 2.24) is 5.32 Å². The van der Waals surface area contributed by atoms with Crippen LogP contribution in [0.1, 0.15) is 50.2 Å². The van der Waals surface area contributed by atoms with E-state index in [1.807, 2.05) is 0 Å². The zero-order valence-corrected chi connectivity index (χ0v) is 18.2. The number of nitrogens with one attached hydrogen (secondary N) is 1. The minimum Gasteiger partial charge on any atom is -0.496 e. The molecular weight excluding hydrogens is 427 g/mol. The first-order valence-corrected chi connectivity index (χ1v) is 10.4. The lowest BCUT2D eigenvalue weighted by molar-refractivity contribution is -0.176.